The Hall–Kier alpha value is -1.12. The van der Waals surface area contributed by atoms with Crippen LogP contribution < -0.4 is 0 Å². The molecule has 108 valence electrons. The fraction of sp³-hybridized carbons (Fsp3) is 0.857. The zero-order chi connectivity index (χ0) is 14.3. The molecule has 0 bridgehead atoms. The van der Waals surface area contributed by atoms with Crippen molar-refractivity contribution in [2.24, 2.45) is 5.92 Å². The van der Waals surface area contributed by atoms with Crippen LogP contribution in [0.1, 0.15) is 33.6 Å². The van der Waals surface area contributed by atoms with E-state index in [0.717, 1.165) is 6.42 Å². The first-order valence-electron chi connectivity index (χ1n) is 6.93. The normalized spacial score (nSPS) is 21.2. The van der Waals surface area contributed by atoms with Gasteiger partial charge in [0.1, 0.15) is 6.04 Å². The predicted octanol–water partition coefficient (Wildman–Crippen LogP) is 1.58. The van der Waals surface area contributed by atoms with Crippen molar-refractivity contribution < 1.29 is 14.3 Å². The molecule has 0 unspecified atom stereocenters. The summed E-state index contributed by atoms with van der Waals surface area (Å²) >= 11 is 0. The van der Waals surface area contributed by atoms with Crippen molar-refractivity contribution in [3.05, 3.63) is 0 Å². The molecular weight excluding hydrogens is 244 g/mol. The van der Waals surface area contributed by atoms with E-state index in [4.69, 9.17) is 14.7 Å². The van der Waals surface area contributed by atoms with Gasteiger partial charge in [-0.05, 0) is 19.3 Å². The monoisotopic (exact) mass is 268 g/mol. The Morgan fingerprint density at radius 2 is 2.26 bits per heavy atom. The first-order valence-corrected chi connectivity index (χ1v) is 6.93. The van der Waals surface area contributed by atoms with Gasteiger partial charge < -0.3 is 14.4 Å². The van der Waals surface area contributed by atoms with E-state index < -0.39 is 6.04 Å². The Morgan fingerprint density at radius 1 is 1.53 bits per heavy atom. The van der Waals surface area contributed by atoms with Gasteiger partial charge in [-0.1, -0.05) is 13.8 Å². The van der Waals surface area contributed by atoms with Gasteiger partial charge in [-0.3, -0.25) is 4.79 Å². The molecule has 0 aromatic heterocycles. The minimum absolute atomic E-state index is 0.0217. The molecular formula is C14H24N2O3. The maximum absolute atomic E-state index is 12.0. The summed E-state index contributed by atoms with van der Waals surface area (Å²) in [6.45, 7) is 8.06. The van der Waals surface area contributed by atoms with Gasteiger partial charge in [-0.25, -0.2) is 0 Å². The van der Waals surface area contributed by atoms with E-state index in [0.29, 0.717) is 38.7 Å². The van der Waals surface area contributed by atoms with Crippen molar-refractivity contribution in [1.29, 1.82) is 5.26 Å². The third-order valence-electron chi connectivity index (χ3n) is 3.12. The summed E-state index contributed by atoms with van der Waals surface area (Å²) in [6.07, 6.45) is 1.50. The highest BCUT2D eigenvalue weighted by Crippen LogP contribution is 2.10. The van der Waals surface area contributed by atoms with Crippen LogP contribution in [0.5, 0.6) is 0 Å². The van der Waals surface area contributed by atoms with E-state index in [2.05, 4.69) is 19.9 Å². The standard InChI is InChI=1S/C14H24N2O3/c1-11(2)8-12(3)19-6-4-14(17)16-5-7-18-10-13(16)9-15/h11-13H,4-8,10H2,1-3H3/t12-,13+/m1/s1. The van der Waals surface area contributed by atoms with Crippen LogP contribution in [0.15, 0.2) is 0 Å². The Kier molecular flexibility index (Phi) is 6.82. The van der Waals surface area contributed by atoms with Crippen LogP contribution in [-0.4, -0.2) is 49.3 Å². The van der Waals surface area contributed by atoms with Crippen molar-refractivity contribution in [2.45, 2.75) is 45.8 Å². The maximum atomic E-state index is 12.0. The average molecular weight is 268 g/mol. The van der Waals surface area contributed by atoms with Crippen LogP contribution in [0, 0.1) is 17.2 Å². The van der Waals surface area contributed by atoms with Crippen molar-refractivity contribution >= 4 is 5.91 Å². The third-order valence-corrected chi connectivity index (χ3v) is 3.12. The number of amides is 1. The SMILES string of the molecule is CC(C)C[C@@H](C)OCCC(=O)N1CCOC[C@@H]1C#N. The number of nitrogens with zero attached hydrogens (tertiary/aromatic N) is 2. The highest BCUT2D eigenvalue weighted by Gasteiger charge is 2.26. The van der Waals surface area contributed by atoms with Gasteiger partial charge in [0.25, 0.3) is 0 Å². The number of carbonyl (C=O) groups is 1. The summed E-state index contributed by atoms with van der Waals surface area (Å²) in [5.41, 5.74) is 0. The fourth-order valence-corrected chi connectivity index (χ4v) is 2.23. The van der Waals surface area contributed by atoms with Gasteiger partial charge in [0.15, 0.2) is 0 Å². The van der Waals surface area contributed by atoms with E-state index >= 15 is 0 Å². The zero-order valence-electron chi connectivity index (χ0n) is 12.1. The zero-order valence-corrected chi connectivity index (χ0v) is 12.1. The van der Waals surface area contributed by atoms with Crippen LogP contribution in [0.25, 0.3) is 0 Å². The predicted molar refractivity (Wildman–Crippen MR) is 71.4 cm³/mol. The van der Waals surface area contributed by atoms with Crippen molar-refractivity contribution in [3.63, 3.8) is 0 Å². The van der Waals surface area contributed by atoms with E-state index in [1.165, 1.54) is 0 Å². The molecule has 5 nitrogen and oxygen atoms in total. The lowest BCUT2D eigenvalue weighted by Crippen LogP contribution is -2.48. The molecule has 0 N–H and O–H groups in total. The molecule has 1 amide bonds. The van der Waals surface area contributed by atoms with Crippen molar-refractivity contribution in [2.75, 3.05) is 26.4 Å². The Balaban J connectivity index is 2.28. The molecule has 0 saturated carbocycles. The summed E-state index contributed by atoms with van der Waals surface area (Å²) in [4.78, 5) is 13.6. The van der Waals surface area contributed by atoms with E-state index in [1.54, 1.807) is 4.90 Å². The highest BCUT2D eigenvalue weighted by molar-refractivity contribution is 5.77. The van der Waals surface area contributed by atoms with Gasteiger partial charge >= 0.3 is 0 Å². The lowest BCUT2D eigenvalue weighted by molar-refractivity contribution is -0.139. The van der Waals surface area contributed by atoms with Gasteiger partial charge in [0.2, 0.25) is 5.91 Å². The second-order valence-corrected chi connectivity index (χ2v) is 5.37. The van der Waals surface area contributed by atoms with Crippen molar-refractivity contribution in [1.82, 2.24) is 4.90 Å². The molecule has 19 heavy (non-hydrogen) atoms. The summed E-state index contributed by atoms with van der Waals surface area (Å²) < 4.78 is 10.8. The quantitative estimate of drug-likeness (QED) is 0.733. The molecule has 0 aliphatic carbocycles. The topological polar surface area (TPSA) is 62.6 Å². The molecule has 1 aliphatic rings. The first kappa shape index (κ1) is 15.9. The fourth-order valence-electron chi connectivity index (χ4n) is 2.23. The van der Waals surface area contributed by atoms with E-state index in [1.807, 2.05) is 6.92 Å². The van der Waals surface area contributed by atoms with Crippen LogP contribution >= 0.6 is 0 Å². The van der Waals surface area contributed by atoms with Gasteiger partial charge in [0.05, 0.1) is 38.4 Å². The smallest absolute Gasteiger partial charge is 0.226 e. The summed E-state index contributed by atoms with van der Waals surface area (Å²) in [6, 6.07) is 1.65. The number of nitriles is 1. The molecule has 5 heteroatoms. The Morgan fingerprint density at radius 3 is 2.89 bits per heavy atom. The molecule has 1 aliphatic heterocycles. The third kappa shape index (κ3) is 5.58. The summed E-state index contributed by atoms with van der Waals surface area (Å²) in [5.74, 6) is 0.569. The molecule has 1 saturated heterocycles. The van der Waals surface area contributed by atoms with Gasteiger partial charge in [0, 0.05) is 6.54 Å². The largest absolute Gasteiger partial charge is 0.378 e. The maximum Gasteiger partial charge on any atom is 0.226 e. The van der Waals surface area contributed by atoms with Crippen LogP contribution in [0.3, 0.4) is 0 Å². The Bertz CT molecular complexity index is 325. The number of ether oxygens (including phenoxy) is 2. The Labute approximate surface area is 115 Å². The number of carbonyl (C=O) groups excluding carboxylic acids is 1. The minimum atomic E-state index is -0.450. The number of morpholine rings is 1. The molecule has 0 aromatic rings. The molecule has 1 fully saturated rings. The van der Waals surface area contributed by atoms with Crippen LogP contribution in [-0.2, 0) is 14.3 Å². The lowest BCUT2D eigenvalue weighted by atomic mass is 10.1. The molecule has 1 heterocycles. The van der Waals surface area contributed by atoms with Crippen molar-refractivity contribution in [3.8, 4) is 6.07 Å². The van der Waals surface area contributed by atoms with E-state index in [-0.39, 0.29) is 12.0 Å². The number of hydrogen-bond acceptors (Lipinski definition) is 4. The number of rotatable bonds is 6. The van der Waals surface area contributed by atoms with Crippen LogP contribution in [0.4, 0.5) is 0 Å². The highest BCUT2D eigenvalue weighted by atomic mass is 16.5. The average Bonchev–Trinajstić information content (AvgIpc) is 2.37. The second kappa shape index (κ2) is 8.13. The lowest BCUT2D eigenvalue weighted by Gasteiger charge is -2.31. The molecule has 0 radical (unpaired) electrons. The van der Waals surface area contributed by atoms with Crippen LogP contribution in [0.2, 0.25) is 0 Å². The van der Waals surface area contributed by atoms with Gasteiger partial charge in [-0.2, -0.15) is 5.26 Å². The minimum Gasteiger partial charge on any atom is -0.378 e. The first-order chi connectivity index (χ1) is 9.04. The molecule has 0 aromatic carbocycles. The summed E-state index contributed by atoms with van der Waals surface area (Å²) in [5, 5.41) is 8.97. The second-order valence-electron chi connectivity index (χ2n) is 5.37. The number of hydrogen-bond donors (Lipinski definition) is 0. The van der Waals surface area contributed by atoms with E-state index in [9.17, 15) is 4.79 Å². The van der Waals surface area contributed by atoms with Gasteiger partial charge in [-0.15, -0.1) is 0 Å². The molecule has 0 spiro atoms. The summed E-state index contributed by atoms with van der Waals surface area (Å²) in [7, 11) is 0. The molecule has 2 atom stereocenters. The molecule has 1 rings (SSSR count).